The van der Waals surface area contributed by atoms with E-state index >= 15 is 0 Å². The number of aliphatic carboxylic acids is 1. The van der Waals surface area contributed by atoms with Gasteiger partial charge in [0, 0.05) is 24.4 Å². The Labute approximate surface area is 204 Å². The van der Waals surface area contributed by atoms with E-state index in [1.54, 1.807) is 4.90 Å². The summed E-state index contributed by atoms with van der Waals surface area (Å²) in [5.41, 5.74) is 4.68. The van der Waals surface area contributed by atoms with Gasteiger partial charge in [0.15, 0.2) is 6.10 Å². The molecular formula is C27H30N2O6. The molecule has 1 heterocycles. The van der Waals surface area contributed by atoms with Gasteiger partial charge in [0.1, 0.15) is 6.61 Å². The van der Waals surface area contributed by atoms with Crippen LogP contribution in [0.5, 0.6) is 0 Å². The van der Waals surface area contributed by atoms with Gasteiger partial charge < -0.3 is 24.8 Å². The predicted molar refractivity (Wildman–Crippen MR) is 128 cm³/mol. The van der Waals surface area contributed by atoms with Crippen molar-refractivity contribution in [3.05, 3.63) is 59.7 Å². The van der Waals surface area contributed by atoms with Crippen LogP contribution in [0.15, 0.2) is 48.5 Å². The van der Waals surface area contributed by atoms with Gasteiger partial charge in [0.2, 0.25) is 5.91 Å². The van der Waals surface area contributed by atoms with Crippen molar-refractivity contribution in [3.63, 3.8) is 0 Å². The minimum Gasteiger partial charge on any atom is -0.479 e. The molecule has 1 unspecified atom stereocenters. The largest absolute Gasteiger partial charge is 0.479 e. The molecule has 35 heavy (non-hydrogen) atoms. The standard InChI is InChI=1S/C27H30N2O6/c30-25(29-12-13-34-24(15-29)26(31)32)17-6-5-7-18(14-17)28-27(33)35-16-23-21-10-3-1-8-19(21)20-9-2-4-11-22(20)23/h1-4,8-11,17-18,23-24H,5-7,12-16H2,(H,28,33)(H,31,32)/t17-,18+,24?/m1/s1. The van der Waals surface area contributed by atoms with Gasteiger partial charge in [0.25, 0.3) is 0 Å². The number of ether oxygens (including phenoxy) is 2. The molecule has 2 aliphatic carbocycles. The van der Waals surface area contributed by atoms with Gasteiger partial charge in [-0.25, -0.2) is 9.59 Å². The van der Waals surface area contributed by atoms with Crippen molar-refractivity contribution in [3.8, 4) is 11.1 Å². The van der Waals surface area contributed by atoms with E-state index in [0.717, 1.165) is 30.4 Å². The van der Waals surface area contributed by atoms with Crippen LogP contribution in [0, 0.1) is 5.92 Å². The van der Waals surface area contributed by atoms with Gasteiger partial charge >= 0.3 is 12.1 Å². The van der Waals surface area contributed by atoms with Gasteiger partial charge in [-0.2, -0.15) is 0 Å². The van der Waals surface area contributed by atoms with Crippen molar-refractivity contribution in [2.75, 3.05) is 26.3 Å². The average Bonchev–Trinajstić information content (AvgIpc) is 3.21. The van der Waals surface area contributed by atoms with Crippen LogP contribution in [0.25, 0.3) is 11.1 Å². The van der Waals surface area contributed by atoms with Crippen LogP contribution in [0.3, 0.4) is 0 Å². The molecule has 0 aromatic heterocycles. The quantitative estimate of drug-likeness (QED) is 0.683. The zero-order valence-corrected chi connectivity index (χ0v) is 19.5. The van der Waals surface area contributed by atoms with E-state index in [9.17, 15) is 19.5 Å². The number of nitrogens with one attached hydrogen (secondary N) is 1. The van der Waals surface area contributed by atoms with Gasteiger partial charge in [-0.1, -0.05) is 55.0 Å². The molecule has 8 heteroatoms. The van der Waals surface area contributed by atoms with E-state index < -0.39 is 18.2 Å². The summed E-state index contributed by atoms with van der Waals surface area (Å²) >= 11 is 0. The third-order valence-corrected chi connectivity index (χ3v) is 7.34. The maximum atomic E-state index is 13.0. The molecule has 3 atom stereocenters. The molecule has 0 radical (unpaired) electrons. The highest BCUT2D eigenvalue weighted by atomic mass is 16.5. The highest BCUT2D eigenvalue weighted by Crippen LogP contribution is 2.44. The van der Waals surface area contributed by atoms with Crippen molar-refractivity contribution in [1.29, 1.82) is 0 Å². The fourth-order valence-corrected chi connectivity index (χ4v) is 5.61. The highest BCUT2D eigenvalue weighted by molar-refractivity contribution is 5.81. The number of benzene rings is 2. The molecule has 5 rings (SSSR count). The molecule has 2 N–H and O–H groups in total. The summed E-state index contributed by atoms with van der Waals surface area (Å²) in [5, 5.41) is 12.2. The number of carboxylic acid groups (broad SMARTS) is 1. The predicted octanol–water partition coefficient (Wildman–Crippen LogP) is 3.40. The summed E-state index contributed by atoms with van der Waals surface area (Å²) < 4.78 is 10.9. The third-order valence-electron chi connectivity index (χ3n) is 7.34. The van der Waals surface area contributed by atoms with Crippen LogP contribution in [-0.2, 0) is 19.1 Å². The van der Waals surface area contributed by atoms with Gasteiger partial charge in [-0.15, -0.1) is 0 Å². The van der Waals surface area contributed by atoms with Gasteiger partial charge in [0.05, 0.1) is 13.2 Å². The zero-order chi connectivity index (χ0) is 24.4. The molecule has 3 aliphatic rings. The first-order valence-electron chi connectivity index (χ1n) is 12.3. The zero-order valence-electron chi connectivity index (χ0n) is 19.5. The lowest BCUT2D eigenvalue weighted by Gasteiger charge is -2.36. The lowest BCUT2D eigenvalue weighted by atomic mass is 9.84. The van der Waals surface area contributed by atoms with Crippen LogP contribution in [-0.4, -0.2) is 66.4 Å². The molecule has 0 bridgehead atoms. The summed E-state index contributed by atoms with van der Waals surface area (Å²) in [5.74, 6) is -1.35. The first-order chi connectivity index (χ1) is 17.0. The Bertz CT molecular complexity index is 1070. The second-order valence-corrected chi connectivity index (χ2v) is 9.51. The number of alkyl carbamates (subject to hydrolysis) is 1. The van der Waals surface area contributed by atoms with Crippen molar-refractivity contribution in [2.24, 2.45) is 5.92 Å². The molecule has 2 amide bonds. The van der Waals surface area contributed by atoms with Crippen LogP contribution >= 0.6 is 0 Å². The minimum absolute atomic E-state index is 0.00247. The SMILES string of the molecule is O=C(N[C@H]1CCC[C@@H](C(=O)N2CCOC(C(=O)O)C2)C1)OCC1c2ccccc2-c2ccccc21. The molecular weight excluding hydrogens is 448 g/mol. The monoisotopic (exact) mass is 478 g/mol. The molecule has 2 aromatic carbocycles. The number of carbonyl (C=O) groups is 3. The topological polar surface area (TPSA) is 105 Å². The van der Waals surface area contributed by atoms with Crippen molar-refractivity contribution in [2.45, 2.75) is 43.7 Å². The van der Waals surface area contributed by atoms with E-state index in [-0.39, 0.29) is 43.5 Å². The summed E-state index contributed by atoms with van der Waals surface area (Å²) in [7, 11) is 0. The van der Waals surface area contributed by atoms with Crippen LogP contribution < -0.4 is 5.32 Å². The average molecular weight is 479 g/mol. The Morgan fingerprint density at radius 3 is 2.40 bits per heavy atom. The molecule has 184 valence electrons. The maximum Gasteiger partial charge on any atom is 0.407 e. The number of morpholine rings is 1. The maximum absolute atomic E-state index is 13.0. The van der Waals surface area contributed by atoms with Gasteiger partial charge in [-0.3, -0.25) is 4.79 Å². The van der Waals surface area contributed by atoms with Crippen LogP contribution in [0.4, 0.5) is 4.79 Å². The lowest BCUT2D eigenvalue weighted by Crippen LogP contribution is -2.51. The number of carboxylic acids is 1. The molecule has 1 aliphatic heterocycles. The van der Waals surface area contributed by atoms with Crippen molar-refractivity contribution >= 4 is 18.0 Å². The molecule has 1 saturated carbocycles. The normalized spacial score (nSPS) is 23.8. The molecule has 8 nitrogen and oxygen atoms in total. The number of amides is 2. The summed E-state index contributed by atoms with van der Waals surface area (Å²) in [6.07, 6.45) is 1.41. The van der Waals surface area contributed by atoms with E-state index in [1.807, 2.05) is 24.3 Å². The summed E-state index contributed by atoms with van der Waals surface area (Å²) in [6, 6.07) is 16.3. The Balaban J connectivity index is 1.16. The number of rotatable bonds is 5. The molecule has 2 aromatic rings. The Kier molecular flexibility index (Phi) is 6.72. The third kappa shape index (κ3) is 4.89. The molecule has 0 spiro atoms. The Morgan fingerprint density at radius 2 is 1.71 bits per heavy atom. The lowest BCUT2D eigenvalue weighted by molar-refractivity contribution is -0.161. The van der Waals surface area contributed by atoms with Crippen molar-refractivity contribution < 1.29 is 29.0 Å². The molecule has 1 saturated heterocycles. The minimum atomic E-state index is -1.05. The first kappa shape index (κ1) is 23.4. The van der Waals surface area contributed by atoms with Gasteiger partial charge in [-0.05, 0) is 41.5 Å². The highest BCUT2D eigenvalue weighted by Gasteiger charge is 2.35. The first-order valence-corrected chi connectivity index (χ1v) is 12.3. The summed E-state index contributed by atoms with van der Waals surface area (Å²) in [4.78, 5) is 38.5. The Hall–Kier alpha value is -3.39. The number of hydrogen-bond donors (Lipinski definition) is 2. The second kappa shape index (κ2) is 10.1. The van der Waals surface area contributed by atoms with E-state index in [0.29, 0.717) is 13.0 Å². The number of carbonyl (C=O) groups excluding carboxylic acids is 2. The van der Waals surface area contributed by atoms with Crippen molar-refractivity contribution in [1.82, 2.24) is 10.2 Å². The second-order valence-electron chi connectivity index (χ2n) is 9.51. The van der Waals surface area contributed by atoms with Crippen LogP contribution in [0.2, 0.25) is 0 Å². The van der Waals surface area contributed by atoms with Crippen LogP contribution in [0.1, 0.15) is 42.7 Å². The smallest absolute Gasteiger partial charge is 0.407 e. The van der Waals surface area contributed by atoms with E-state index in [4.69, 9.17) is 9.47 Å². The number of fused-ring (bicyclic) bond motifs is 3. The number of nitrogens with zero attached hydrogens (tertiary/aromatic N) is 1. The van der Waals surface area contributed by atoms with E-state index in [2.05, 4.69) is 29.6 Å². The fourth-order valence-electron chi connectivity index (χ4n) is 5.61. The fraction of sp³-hybridized carbons (Fsp3) is 0.444. The Morgan fingerprint density at radius 1 is 1.03 bits per heavy atom. The van der Waals surface area contributed by atoms with E-state index in [1.165, 1.54) is 11.1 Å². The number of hydrogen-bond acceptors (Lipinski definition) is 5. The summed E-state index contributed by atoms with van der Waals surface area (Å²) in [6.45, 7) is 0.925. The molecule has 2 fully saturated rings.